The number of unbranched alkanes of at least 4 members (excludes halogenated alkanes) is 2. The maximum Gasteiger partial charge on any atom is 0.0251 e. The van der Waals surface area contributed by atoms with Crippen LogP contribution in [0.5, 0.6) is 0 Å². The van der Waals surface area contributed by atoms with Crippen LogP contribution in [-0.2, 0) is 0 Å². The maximum atomic E-state index is 6.08. The first-order chi connectivity index (χ1) is 6.02. The van der Waals surface area contributed by atoms with Crippen LogP contribution in [-0.4, -0.2) is 30.6 Å². The van der Waals surface area contributed by atoms with Gasteiger partial charge in [-0.25, -0.2) is 0 Å². The first-order valence-corrected chi connectivity index (χ1v) is 5.49. The number of hydrogen-bond acceptors (Lipinski definition) is 2. The zero-order valence-corrected chi connectivity index (χ0v) is 9.77. The average molecular weight is 186 g/mol. The molecule has 13 heavy (non-hydrogen) atoms. The van der Waals surface area contributed by atoms with Gasteiger partial charge in [-0.15, -0.1) is 0 Å². The highest BCUT2D eigenvalue weighted by molar-refractivity contribution is 4.79. The smallest absolute Gasteiger partial charge is 0.0251 e. The molecule has 2 heteroatoms. The Morgan fingerprint density at radius 3 is 2.31 bits per heavy atom. The van der Waals surface area contributed by atoms with Crippen molar-refractivity contribution in [1.29, 1.82) is 0 Å². The molecule has 0 aromatic carbocycles. The van der Waals surface area contributed by atoms with Gasteiger partial charge in [0.05, 0.1) is 0 Å². The van der Waals surface area contributed by atoms with E-state index in [9.17, 15) is 0 Å². The molecular formula is C11H26N2. The second-order valence-electron chi connectivity index (χ2n) is 4.45. The molecule has 2 N–H and O–H groups in total. The SMILES string of the molecule is CCCCCN(C)CC(C)(N)CC. The van der Waals surface area contributed by atoms with Crippen LogP contribution < -0.4 is 5.73 Å². The number of hydrogen-bond donors (Lipinski definition) is 1. The second-order valence-corrected chi connectivity index (χ2v) is 4.45. The van der Waals surface area contributed by atoms with E-state index in [1.54, 1.807) is 0 Å². The van der Waals surface area contributed by atoms with Crippen LogP contribution in [0, 0.1) is 0 Å². The van der Waals surface area contributed by atoms with Gasteiger partial charge in [0.2, 0.25) is 0 Å². The molecule has 0 aromatic rings. The fourth-order valence-corrected chi connectivity index (χ4v) is 1.44. The summed E-state index contributed by atoms with van der Waals surface area (Å²) in [6.07, 6.45) is 4.97. The van der Waals surface area contributed by atoms with Crippen molar-refractivity contribution in [1.82, 2.24) is 4.90 Å². The molecule has 80 valence electrons. The van der Waals surface area contributed by atoms with Gasteiger partial charge in [0, 0.05) is 12.1 Å². The highest BCUT2D eigenvalue weighted by Crippen LogP contribution is 2.07. The van der Waals surface area contributed by atoms with Gasteiger partial charge in [-0.05, 0) is 33.4 Å². The average Bonchev–Trinajstić information content (AvgIpc) is 2.04. The minimum absolute atomic E-state index is 0.0129. The van der Waals surface area contributed by atoms with Crippen molar-refractivity contribution in [2.75, 3.05) is 20.1 Å². The van der Waals surface area contributed by atoms with Crippen LogP contribution in [0.1, 0.15) is 46.5 Å². The van der Waals surface area contributed by atoms with Gasteiger partial charge >= 0.3 is 0 Å². The molecular weight excluding hydrogens is 160 g/mol. The van der Waals surface area contributed by atoms with Crippen molar-refractivity contribution < 1.29 is 0 Å². The van der Waals surface area contributed by atoms with E-state index in [0.29, 0.717) is 0 Å². The Labute approximate surface area is 83.5 Å². The van der Waals surface area contributed by atoms with E-state index in [1.165, 1.54) is 25.8 Å². The lowest BCUT2D eigenvalue weighted by Crippen LogP contribution is -2.46. The zero-order chi connectivity index (χ0) is 10.3. The van der Waals surface area contributed by atoms with E-state index in [0.717, 1.165) is 13.0 Å². The molecule has 0 radical (unpaired) electrons. The largest absolute Gasteiger partial charge is 0.324 e. The summed E-state index contributed by atoms with van der Waals surface area (Å²) < 4.78 is 0. The Morgan fingerprint density at radius 1 is 1.23 bits per heavy atom. The van der Waals surface area contributed by atoms with Crippen molar-refractivity contribution in [2.45, 2.75) is 52.0 Å². The number of nitrogens with zero attached hydrogens (tertiary/aromatic N) is 1. The third kappa shape index (κ3) is 7.03. The first-order valence-electron chi connectivity index (χ1n) is 5.49. The summed E-state index contributed by atoms with van der Waals surface area (Å²) in [5.74, 6) is 0. The van der Waals surface area contributed by atoms with Crippen LogP contribution in [0.3, 0.4) is 0 Å². The predicted molar refractivity (Wildman–Crippen MR) is 59.9 cm³/mol. The van der Waals surface area contributed by atoms with Crippen molar-refractivity contribution in [3.05, 3.63) is 0 Å². The van der Waals surface area contributed by atoms with Gasteiger partial charge in [0.1, 0.15) is 0 Å². The Kier molecular flexibility index (Phi) is 6.35. The molecule has 0 fully saturated rings. The summed E-state index contributed by atoms with van der Waals surface area (Å²) in [5.41, 5.74) is 6.07. The summed E-state index contributed by atoms with van der Waals surface area (Å²) in [6, 6.07) is 0. The third-order valence-corrected chi connectivity index (χ3v) is 2.58. The Bertz CT molecular complexity index is 121. The Morgan fingerprint density at radius 2 is 1.85 bits per heavy atom. The van der Waals surface area contributed by atoms with E-state index < -0.39 is 0 Å². The summed E-state index contributed by atoms with van der Waals surface area (Å²) in [4.78, 5) is 2.35. The van der Waals surface area contributed by atoms with Gasteiger partial charge in [0.25, 0.3) is 0 Å². The second kappa shape index (κ2) is 6.39. The van der Waals surface area contributed by atoms with Crippen molar-refractivity contribution in [2.24, 2.45) is 5.73 Å². The number of likely N-dealkylation sites (N-methyl/N-ethyl adjacent to an activating group) is 1. The van der Waals surface area contributed by atoms with Gasteiger partial charge in [-0.3, -0.25) is 0 Å². The summed E-state index contributed by atoms with van der Waals surface area (Å²) in [6.45, 7) is 8.70. The Balaban J connectivity index is 3.55. The normalized spacial score (nSPS) is 16.2. The minimum atomic E-state index is -0.0129. The molecule has 0 heterocycles. The summed E-state index contributed by atoms with van der Waals surface area (Å²) >= 11 is 0. The van der Waals surface area contributed by atoms with E-state index >= 15 is 0 Å². The predicted octanol–water partition coefficient (Wildman–Crippen LogP) is 2.24. The lowest BCUT2D eigenvalue weighted by atomic mass is 10.00. The molecule has 0 aliphatic heterocycles. The molecule has 1 unspecified atom stereocenters. The van der Waals surface area contributed by atoms with Crippen LogP contribution in [0.2, 0.25) is 0 Å². The lowest BCUT2D eigenvalue weighted by molar-refractivity contribution is 0.249. The van der Waals surface area contributed by atoms with Crippen molar-refractivity contribution >= 4 is 0 Å². The fraction of sp³-hybridized carbons (Fsp3) is 1.00. The Hall–Kier alpha value is -0.0800. The molecule has 0 aliphatic carbocycles. The van der Waals surface area contributed by atoms with Crippen LogP contribution >= 0.6 is 0 Å². The maximum absolute atomic E-state index is 6.08. The highest BCUT2D eigenvalue weighted by atomic mass is 15.1. The molecule has 0 rings (SSSR count). The summed E-state index contributed by atoms with van der Waals surface area (Å²) in [7, 11) is 2.16. The lowest BCUT2D eigenvalue weighted by Gasteiger charge is -2.29. The van der Waals surface area contributed by atoms with E-state index in [-0.39, 0.29) is 5.54 Å². The number of rotatable bonds is 7. The van der Waals surface area contributed by atoms with Gasteiger partial charge in [-0.2, -0.15) is 0 Å². The minimum Gasteiger partial charge on any atom is -0.324 e. The monoisotopic (exact) mass is 186 g/mol. The van der Waals surface area contributed by atoms with E-state index in [1.807, 2.05) is 0 Å². The molecule has 2 nitrogen and oxygen atoms in total. The van der Waals surface area contributed by atoms with E-state index in [2.05, 4.69) is 32.7 Å². The summed E-state index contributed by atoms with van der Waals surface area (Å²) in [5, 5.41) is 0. The molecule has 0 amide bonds. The van der Waals surface area contributed by atoms with Gasteiger partial charge in [-0.1, -0.05) is 26.7 Å². The van der Waals surface area contributed by atoms with E-state index in [4.69, 9.17) is 5.73 Å². The molecule has 0 bridgehead atoms. The molecule has 0 spiro atoms. The molecule has 0 aromatic heterocycles. The van der Waals surface area contributed by atoms with Gasteiger partial charge in [0.15, 0.2) is 0 Å². The molecule has 0 saturated carbocycles. The highest BCUT2D eigenvalue weighted by Gasteiger charge is 2.17. The van der Waals surface area contributed by atoms with Crippen LogP contribution in [0.25, 0.3) is 0 Å². The first kappa shape index (κ1) is 12.9. The molecule has 0 saturated heterocycles. The van der Waals surface area contributed by atoms with Crippen molar-refractivity contribution in [3.8, 4) is 0 Å². The topological polar surface area (TPSA) is 29.3 Å². The standard InChI is InChI=1S/C11H26N2/c1-5-7-8-9-13(4)10-11(3,12)6-2/h5-10,12H2,1-4H3. The molecule has 0 aliphatic rings. The zero-order valence-electron chi connectivity index (χ0n) is 9.77. The molecule has 1 atom stereocenters. The number of nitrogens with two attached hydrogens (primary N) is 1. The fourth-order valence-electron chi connectivity index (χ4n) is 1.44. The van der Waals surface area contributed by atoms with Crippen LogP contribution in [0.4, 0.5) is 0 Å². The third-order valence-electron chi connectivity index (χ3n) is 2.58. The van der Waals surface area contributed by atoms with Gasteiger partial charge < -0.3 is 10.6 Å². The van der Waals surface area contributed by atoms with Crippen LogP contribution in [0.15, 0.2) is 0 Å². The quantitative estimate of drug-likeness (QED) is 0.618. The van der Waals surface area contributed by atoms with Crippen molar-refractivity contribution in [3.63, 3.8) is 0 Å².